The lowest BCUT2D eigenvalue weighted by Gasteiger charge is -1.98. The molecule has 4 heteroatoms. The predicted octanol–water partition coefficient (Wildman–Crippen LogP) is 1.98. The van der Waals surface area contributed by atoms with Crippen LogP contribution in [0.25, 0.3) is 11.3 Å². The maximum atomic E-state index is 11.2. The van der Waals surface area contributed by atoms with Gasteiger partial charge in [-0.25, -0.2) is 0 Å². The first kappa shape index (κ1) is 9.58. The van der Waals surface area contributed by atoms with E-state index >= 15 is 0 Å². The molecule has 15 heavy (non-hydrogen) atoms. The number of aryl methyl sites for hydroxylation is 1. The van der Waals surface area contributed by atoms with Crippen molar-refractivity contribution in [3.8, 4) is 11.3 Å². The normalized spacial score (nSPS) is 10.3. The van der Waals surface area contributed by atoms with Crippen molar-refractivity contribution in [1.82, 2.24) is 15.4 Å². The van der Waals surface area contributed by atoms with Crippen molar-refractivity contribution in [2.75, 3.05) is 0 Å². The summed E-state index contributed by atoms with van der Waals surface area (Å²) in [6, 6.07) is 7.82. The first-order chi connectivity index (χ1) is 7.18. The molecule has 0 saturated heterocycles. The summed E-state index contributed by atoms with van der Waals surface area (Å²) in [7, 11) is 0. The number of nitrogens with one attached hydrogen (secondary N) is 1. The summed E-state index contributed by atoms with van der Waals surface area (Å²) < 4.78 is 0. The Morgan fingerprint density at radius 1 is 1.20 bits per heavy atom. The van der Waals surface area contributed by atoms with Gasteiger partial charge in [-0.15, -0.1) is 0 Å². The largest absolute Gasteiger partial charge is 0.293 e. The molecule has 4 nitrogen and oxygen atoms in total. The number of benzene rings is 1. The van der Waals surface area contributed by atoms with Crippen LogP contribution >= 0.6 is 0 Å². The number of hydrogen-bond donors (Lipinski definition) is 1. The highest BCUT2D eigenvalue weighted by atomic mass is 16.1. The van der Waals surface area contributed by atoms with Crippen LogP contribution in [0.5, 0.6) is 0 Å². The van der Waals surface area contributed by atoms with E-state index in [1.165, 1.54) is 12.5 Å². The molecule has 0 saturated carbocycles. The highest BCUT2D eigenvalue weighted by Crippen LogP contribution is 2.19. The molecule has 2 aromatic rings. The van der Waals surface area contributed by atoms with E-state index in [4.69, 9.17) is 0 Å². The molecule has 0 fully saturated rings. The molecule has 2 rings (SSSR count). The van der Waals surface area contributed by atoms with Gasteiger partial charge >= 0.3 is 0 Å². The molecule has 0 atom stereocenters. The van der Waals surface area contributed by atoms with Crippen molar-refractivity contribution in [3.05, 3.63) is 35.5 Å². The van der Waals surface area contributed by atoms with Gasteiger partial charge in [0.25, 0.3) is 0 Å². The molecule has 0 amide bonds. The van der Waals surface area contributed by atoms with Gasteiger partial charge in [0, 0.05) is 12.5 Å². The van der Waals surface area contributed by atoms with E-state index in [9.17, 15) is 4.79 Å². The average molecular weight is 201 g/mol. The van der Waals surface area contributed by atoms with E-state index in [0.717, 1.165) is 5.56 Å². The van der Waals surface area contributed by atoms with E-state index in [2.05, 4.69) is 15.4 Å². The minimum atomic E-state index is -0.0840. The second-order valence-corrected chi connectivity index (χ2v) is 3.44. The van der Waals surface area contributed by atoms with Crippen LogP contribution in [0, 0.1) is 6.92 Å². The van der Waals surface area contributed by atoms with Gasteiger partial charge in [0.15, 0.2) is 11.5 Å². The molecule has 1 aromatic heterocycles. The molecular weight excluding hydrogens is 190 g/mol. The van der Waals surface area contributed by atoms with Crippen molar-refractivity contribution in [3.63, 3.8) is 0 Å². The van der Waals surface area contributed by atoms with E-state index < -0.39 is 0 Å². The molecule has 0 bridgehead atoms. The van der Waals surface area contributed by atoms with Crippen LogP contribution in [-0.2, 0) is 0 Å². The van der Waals surface area contributed by atoms with Crippen molar-refractivity contribution in [2.24, 2.45) is 0 Å². The van der Waals surface area contributed by atoms with Gasteiger partial charge < -0.3 is 0 Å². The zero-order valence-electron chi connectivity index (χ0n) is 8.61. The molecule has 76 valence electrons. The highest BCUT2D eigenvalue weighted by molar-refractivity contribution is 5.97. The van der Waals surface area contributed by atoms with Crippen LogP contribution in [-0.4, -0.2) is 21.2 Å². The Morgan fingerprint density at radius 2 is 1.87 bits per heavy atom. The fourth-order valence-corrected chi connectivity index (χ4v) is 1.39. The Labute approximate surface area is 87.3 Å². The highest BCUT2D eigenvalue weighted by Gasteiger charge is 2.13. The van der Waals surface area contributed by atoms with E-state index in [0.29, 0.717) is 11.4 Å². The molecule has 0 aliphatic heterocycles. The third kappa shape index (κ3) is 1.79. The topological polar surface area (TPSA) is 58.6 Å². The molecule has 1 aromatic carbocycles. The molecule has 1 heterocycles. The van der Waals surface area contributed by atoms with Crippen LogP contribution in [0.3, 0.4) is 0 Å². The minimum Gasteiger partial charge on any atom is -0.293 e. The van der Waals surface area contributed by atoms with Gasteiger partial charge in [-0.2, -0.15) is 15.4 Å². The number of aromatic nitrogens is 3. The number of Topliss-reactive ketones (excluding diaryl/α,β-unsaturated/α-hetero) is 1. The molecule has 0 aliphatic carbocycles. The second-order valence-electron chi connectivity index (χ2n) is 3.44. The van der Waals surface area contributed by atoms with Gasteiger partial charge in [-0.05, 0) is 6.92 Å². The average Bonchev–Trinajstić information content (AvgIpc) is 2.67. The lowest BCUT2D eigenvalue weighted by atomic mass is 10.1. The van der Waals surface area contributed by atoms with E-state index in [1.807, 2.05) is 31.2 Å². The Hall–Kier alpha value is -1.97. The third-order valence-corrected chi connectivity index (χ3v) is 2.21. The van der Waals surface area contributed by atoms with E-state index in [-0.39, 0.29) is 5.78 Å². The van der Waals surface area contributed by atoms with Crippen molar-refractivity contribution in [1.29, 1.82) is 0 Å². The maximum absolute atomic E-state index is 11.2. The standard InChI is InChI=1S/C11H11N3O/c1-7-3-5-9(6-4-7)11-10(8(2)15)12-14-13-11/h3-6H,1-2H3,(H,12,13,14). The number of ketones is 1. The smallest absolute Gasteiger partial charge is 0.182 e. The van der Waals surface area contributed by atoms with Crippen LogP contribution < -0.4 is 0 Å². The zero-order valence-corrected chi connectivity index (χ0v) is 8.61. The van der Waals surface area contributed by atoms with E-state index in [1.54, 1.807) is 0 Å². The molecule has 1 N–H and O–H groups in total. The number of nitrogens with zero attached hydrogens (tertiary/aromatic N) is 2. The second kappa shape index (κ2) is 3.65. The van der Waals surface area contributed by atoms with Crippen molar-refractivity contribution < 1.29 is 4.79 Å². The van der Waals surface area contributed by atoms with Crippen LogP contribution in [0.15, 0.2) is 24.3 Å². The summed E-state index contributed by atoms with van der Waals surface area (Å²) in [5.74, 6) is -0.0840. The summed E-state index contributed by atoms with van der Waals surface area (Å²) in [4.78, 5) is 11.2. The van der Waals surface area contributed by atoms with Crippen molar-refractivity contribution >= 4 is 5.78 Å². The number of aromatic amines is 1. The van der Waals surface area contributed by atoms with Crippen LogP contribution in [0.2, 0.25) is 0 Å². The number of hydrogen-bond acceptors (Lipinski definition) is 3. The van der Waals surface area contributed by atoms with Gasteiger partial charge in [-0.1, -0.05) is 29.8 Å². The summed E-state index contributed by atoms with van der Waals surface area (Å²) in [5, 5.41) is 10.3. The van der Waals surface area contributed by atoms with Gasteiger partial charge in [0.2, 0.25) is 0 Å². The quantitative estimate of drug-likeness (QED) is 0.756. The predicted molar refractivity (Wildman–Crippen MR) is 56.6 cm³/mol. The zero-order chi connectivity index (χ0) is 10.8. The summed E-state index contributed by atoms with van der Waals surface area (Å²) >= 11 is 0. The first-order valence-electron chi connectivity index (χ1n) is 4.67. The molecule has 0 unspecified atom stereocenters. The summed E-state index contributed by atoms with van der Waals surface area (Å²) in [6.45, 7) is 3.49. The van der Waals surface area contributed by atoms with Gasteiger partial charge in [0.1, 0.15) is 5.69 Å². The molecule has 0 radical (unpaired) electrons. The van der Waals surface area contributed by atoms with Gasteiger partial charge in [-0.3, -0.25) is 4.79 Å². The summed E-state index contributed by atoms with van der Waals surface area (Å²) in [5.41, 5.74) is 3.08. The minimum absolute atomic E-state index is 0.0840. The number of carbonyl (C=O) groups is 1. The Balaban J connectivity index is 2.49. The Bertz CT molecular complexity index is 485. The maximum Gasteiger partial charge on any atom is 0.182 e. The Kier molecular flexibility index (Phi) is 2.33. The number of H-pyrrole nitrogens is 1. The van der Waals surface area contributed by atoms with Crippen LogP contribution in [0.4, 0.5) is 0 Å². The first-order valence-corrected chi connectivity index (χ1v) is 4.67. The third-order valence-electron chi connectivity index (χ3n) is 2.21. The molecule has 0 spiro atoms. The fraction of sp³-hybridized carbons (Fsp3) is 0.182. The number of carbonyl (C=O) groups excluding carboxylic acids is 1. The van der Waals surface area contributed by atoms with Crippen LogP contribution in [0.1, 0.15) is 23.0 Å². The summed E-state index contributed by atoms with van der Waals surface area (Å²) in [6.07, 6.45) is 0. The molecule has 0 aliphatic rings. The number of rotatable bonds is 2. The van der Waals surface area contributed by atoms with Gasteiger partial charge in [0.05, 0.1) is 0 Å². The Morgan fingerprint density at radius 3 is 2.47 bits per heavy atom. The lowest BCUT2D eigenvalue weighted by Crippen LogP contribution is -1.95. The fourth-order valence-electron chi connectivity index (χ4n) is 1.39. The SMILES string of the molecule is CC(=O)c1n[nH]nc1-c1ccc(C)cc1. The monoisotopic (exact) mass is 201 g/mol. The molecular formula is C11H11N3O. The lowest BCUT2D eigenvalue weighted by molar-refractivity contribution is 0.101. The van der Waals surface area contributed by atoms with Crippen molar-refractivity contribution in [2.45, 2.75) is 13.8 Å².